The van der Waals surface area contributed by atoms with Crippen molar-refractivity contribution in [2.45, 2.75) is 46.2 Å². The third-order valence-electron chi connectivity index (χ3n) is 3.67. The van der Waals surface area contributed by atoms with Gasteiger partial charge >= 0.3 is 0 Å². The SMILES string of the molecule is CCCOc1ccc2c(ccn2CCNC(C)CC)c1. The minimum Gasteiger partial charge on any atom is -0.494 e. The molecule has 0 aliphatic carbocycles. The van der Waals surface area contributed by atoms with Crippen molar-refractivity contribution in [3.05, 3.63) is 30.5 Å². The summed E-state index contributed by atoms with van der Waals surface area (Å²) in [4.78, 5) is 0. The van der Waals surface area contributed by atoms with Crippen LogP contribution < -0.4 is 10.1 Å². The number of rotatable bonds is 8. The Morgan fingerprint density at radius 2 is 2.10 bits per heavy atom. The fraction of sp³-hybridized carbons (Fsp3) is 0.529. The Bertz CT molecular complexity index is 533. The Balaban J connectivity index is 2.01. The van der Waals surface area contributed by atoms with Gasteiger partial charge in [0.15, 0.2) is 0 Å². The number of nitrogens with zero attached hydrogens (tertiary/aromatic N) is 1. The smallest absolute Gasteiger partial charge is 0.120 e. The van der Waals surface area contributed by atoms with Crippen molar-refractivity contribution in [1.29, 1.82) is 0 Å². The van der Waals surface area contributed by atoms with Gasteiger partial charge in [0.1, 0.15) is 5.75 Å². The lowest BCUT2D eigenvalue weighted by Gasteiger charge is -2.12. The molecule has 3 heteroatoms. The van der Waals surface area contributed by atoms with Crippen LogP contribution in [0.1, 0.15) is 33.6 Å². The van der Waals surface area contributed by atoms with Crippen molar-refractivity contribution in [3.63, 3.8) is 0 Å². The first kappa shape index (κ1) is 14.9. The van der Waals surface area contributed by atoms with Crippen LogP contribution >= 0.6 is 0 Å². The quantitative estimate of drug-likeness (QED) is 0.792. The number of benzene rings is 1. The van der Waals surface area contributed by atoms with Gasteiger partial charge in [-0.05, 0) is 44.0 Å². The summed E-state index contributed by atoms with van der Waals surface area (Å²) in [7, 11) is 0. The summed E-state index contributed by atoms with van der Waals surface area (Å²) in [6.45, 7) is 9.35. The van der Waals surface area contributed by atoms with E-state index in [1.54, 1.807) is 0 Å². The zero-order chi connectivity index (χ0) is 14.4. The van der Waals surface area contributed by atoms with Gasteiger partial charge in [-0.25, -0.2) is 0 Å². The predicted octanol–water partition coefficient (Wildman–Crippen LogP) is 3.82. The van der Waals surface area contributed by atoms with Gasteiger partial charge in [0, 0.05) is 36.2 Å². The zero-order valence-corrected chi connectivity index (χ0v) is 12.9. The third-order valence-corrected chi connectivity index (χ3v) is 3.67. The van der Waals surface area contributed by atoms with Gasteiger partial charge in [-0.3, -0.25) is 0 Å². The molecule has 110 valence electrons. The summed E-state index contributed by atoms with van der Waals surface area (Å²) in [5, 5.41) is 4.78. The van der Waals surface area contributed by atoms with E-state index in [1.807, 2.05) is 0 Å². The second-order valence-corrected chi connectivity index (χ2v) is 5.34. The Hall–Kier alpha value is -1.48. The lowest BCUT2D eigenvalue weighted by atomic mass is 10.2. The first-order chi connectivity index (χ1) is 9.74. The molecule has 0 bridgehead atoms. The Labute approximate surface area is 121 Å². The highest BCUT2D eigenvalue weighted by Crippen LogP contribution is 2.22. The highest BCUT2D eigenvalue weighted by atomic mass is 16.5. The van der Waals surface area contributed by atoms with E-state index in [9.17, 15) is 0 Å². The van der Waals surface area contributed by atoms with Gasteiger partial charge < -0.3 is 14.6 Å². The first-order valence-corrected chi connectivity index (χ1v) is 7.69. The van der Waals surface area contributed by atoms with Crippen LogP contribution in [0, 0.1) is 0 Å². The Kier molecular flexibility index (Phi) is 5.48. The lowest BCUT2D eigenvalue weighted by molar-refractivity contribution is 0.318. The summed E-state index contributed by atoms with van der Waals surface area (Å²) >= 11 is 0. The van der Waals surface area contributed by atoms with Crippen LogP contribution in [0.25, 0.3) is 10.9 Å². The van der Waals surface area contributed by atoms with Crippen LogP contribution in [0.2, 0.25) is 0 Å². The molecule has 20 heavy (non-hydrogen) atoms. The summed E-state index contributed by atoms with van der Waals surface area (Å²) in [5.41, 5.74) is 1.28. The molecular weight excluding hydrogens is 248 g/mol. The fourth-order valence-corrected chi connectivity index (χ4v) is 2.26. The summed E-state index contributed by atoms with van der Waals surface area (Å²) < 4.78 is 7.98. The third kappa shape index (κ3) is 3.76. The van der Waals surface area contributed by atoms with Gasteiger partial charge in [-0.15, -0.1) is 0 Å². The van der Waals surface area contributed by atoms with E-state index in [0.29, 0.717) is 6.04 Å². The van der Waals surface area contributed by atoms with Crippen molar-refractivity contribution in [3.8, 4) is 5.75 Å². The van der Waals surface area contributed by atoms with Crippen LogP contribution in [0.15, 0.2) is 30.5 Å². The lowest BCUT2D eigenvalue weighted by Crippen LogP contribution is -2.28. The number of fused-ring (bicyclic) bond motifs is 1. The molecule has 0 spiro atoms. The second-order valence-electron chi connectivity index (χ2n) is 5.34. The van der Waals surface area contributed by atoms with E-state index >= 15 is 0 Å². The molecule has 0 aliphatic rings. The molecule has 1 aromatic carbocycles. The zero-order valence-electron chi connectivity index (χ0n) is 12.9. The summed E-state index contributed by atoms with van der Waals surface area (Å²) in [6.07, 6.45) is 4.37. The standard InChI is InChI=1S/C17H26N2O/c1-4-12-20-16-6-7-17-15(13-16)8-10-19(17)11-9-18-14(3)5-2/h6-8,10,13-14,18H,4-5,9,11-12H2,1-3H3. The van der Waals surface area contributed by atoms with Crippen molar-refractivity contribution in [2.75, 3.05) is 13.2 Å². The van der Waals surface area contributed by atoms with Crippen molar-refractivity contribution in [2.24, 2.45) is 0 Å². The largest absolute Gasteiger partial charge is 0.494 e. The van der Waals surface area contributed by atoms with Crippen molar-refractivity contribution >= 4 is 10.9 Å². The molecule has 0 amide bonds. The minimum atomic E-state index is 0.589. The molecule has 0 fully saturated rings. The fourth-order valence-electron chi connectivity index (χ4n) is 2.26. The maximum absolute atomic E-state index is 5.68. The van der Waals surface area contributed by atoms with Crippen LogP contribution in [-0.2, 0) is 6.54 Å². The van der Waals surface area contributed by atoms with Crippen molar-refractivity contribution in [1.82, 2.24) is 9.88 Å². The maximum atomic E-state index is 5.68. The topological polar surface area (TPSA) is 26.2 Å². The number of nitrogens with one attached hydrogen (secondary N) is 1. The average Bonchev–Trinajstić information content (AvgIpc) is 2.87. The van der Waals surface area contributed by atoms with Crippen LogP contribution in [-0.4, -0.2) is 23.8 Å². The van der Waals surface area contributed by atoms with Gasteiger partial charge in [0.25, 0.3) is 0 Å². The molecule has 1 atom stereocenters. The number of hydrogen-bond acceptors (Lipinski definition) is 2. The summed E-state index contributed by atoms with van der Waals surface area (Å²) in [6, 6.07) is 9.10. The van der Waals surface area contributed by atoms with Crippen LogP contribution in [0.5, 0.6) is 5.75 Å². The van der Waals surface area contributed by atoms with Gasteiger partial charge in [-0.1, -0.05) is 13.8 Å². The van der Waals surface area contributed by atoms with Gasteiger partial charge in [0.05, 0.1) is 6.61 Å². The molecule has 2 rings (SSSR count). The maximum Gasteiger partial charge on any atom is 0.120 e. The van der Waals surface area contributed by atoms with E-state index in [2.05, 4.69) is 61.1 Å². The number of ether oxygens (including phenoxy) is 1. The van der Waals surface area contributed by atoms with E-state index in [0.717, 1.165) is 31.9 Å². The molecule has 1 N–H and O–H groups in total. The Morgan fingerprint density at radius 1 is 1.25 bits per heavy atom. The minimum absolute atomic E-state index is 0.589. The first-order valence-electron chi connectivity index (χ1n) is 7.69. The molecule has 0 saturated heterocycles. The molecule has 0 saturated carbocycles. The average molecular weight is 274 g/mol. The molecular formula is C17H26N2O. The van der Waals surface area contributed by atoms with E-state index < -0.39 is 0 Å². The summed E-state index contributed by atoms with van der Waals surface area (Å²) in [5.74, 6) is 0.967. The van der Waals surface area contributed by atoms with Crippen LogP contribution in [0.4, 0.5) is 0 Å². The van der Waals surface area contributed by atoms with Crippen LogP contribution in [0.3, 0.4) is 0 Å². The number of aromatic nitrogens is 1. The predicted molar refractivity (Wildman–Crippen MR) is 85.5 cm³/mol. The normalized spacial score (nSPS) is 12.8. The van der Waals surface area contributed by atoms with E-state index in [4.69, 9.17) is 4.74 Å². The van der Waals surface area contributed by atoms with Crippen molar-refractivity contribution < 1.29 is 4.74 Å². The van der Waals surface area contributed by atoms with E-state index in [1.165, 1.54) is 17.3 Å². The molecule has 0 aliphatic heterocycles. The molecule has 1 aromatic heterocycles. The second kappa shape index (κ2) is 7.34. The molecule has 1 heterocycles. The molecule has 2 aromatic rings. The number of hydrogen-bond donors (Lipinski definition) is 1. The van der Waals surface area contributed by atoms with Gasteiger partial charge in [0.2, 0.25) is 0 Å². The molecule has 1 unspecified atom stereocenters. The monoisotopic (exact) mass is 274 g/mol. The highest BCUT2D eigenvalue weighted by Gasteiger charge is 2.03. The van der Waals surface area contributed by atoms with Gasteiger partial charge in [-0.2, -0.15) is 0 Å². The highest BCUT2D eigenvalue weighted by molar-refractivity contribution is 5.81. The molecule has 3 nitrogen and oxygen atoms in total. The van der Waals surface area contributed by atoms with E-state index in [-0.39, 0.29) is 0 Å². The molecule has 0 radical (unpaired) electrons. The Morgan fingerprint density at radius 3 is 2.85 bits per heavy atom.